The van der Waals surface area contributed by atoms with Gasteiger partial charge in [-0.3, -0.25) is 4.79 Å². The summed E-state index contributed by atoms with van der Waals surface area (Å²) in [7, 11) is 0. The standard InChI is InChI=1S/C16H21N3OS/c1-12(2)21-11-16(20)18-13(3)14-9-17-19(10-14)15-7-5-4-6-8-15/h4-10,12-13H,11H2,1-3H3,(H,18,20)/t13-/m1/s1. The highest BCUT2D eigenvalue weighted by Gasteiger charge is 2.12. The van der Waals surface area contributed by atoms with E-state index in [-0.39, 0.29) is 11.9 Å². The minimum atomic E-state index is -0.0391. The second kappa shape index (κ2) is 7.31. The lowest BCUT2D eigenvalue weighted by Crippen LogP contribution is -2.28. The van der Waals surface area contributed by atoms with Gasteiger partial charge in [-0.2, -0.15) is 5.10 Å². The molecule has 0 saturated carbocycles. The number of aromatic nitrogens is 2. The number of carbonyl (C=O) groups excluding carboxylic acids is 1. The van der Waals surface area contributed by atoms with Crippen LogP contribution in [0.4, 0.5) is 0 Å². The van der Waals surface area contributed by atoms with Crippen LogP contribution < -0.4 is 5.32 Å². The molecule has 5 heteroatoms. The van der Waals surface area contributed by atoms with Crippen LogP contribution in [0.2, 0.25) is 0 Å². The lowest BCUT2D eigenvalue weighted by molar-refractivity contribution is -0.119. The molecule has 1 atom stereocenters. The maximum absolute atomic E-state index is 11.8. The van der Waals surface area contributed by atoms with Crippen molar-refractivity contribution in [2.75, 3.05) is 5.75 Å². The molecule has 112 valence electrons. The van der Waals surface area contributed by atoms with Crippen LogP contribution in [0, 0.1) is 0 Å². The summed E-state index contributed by atoms with van der Waals surface area (Å²) in [6, 6.07) is 9.89. The summed E-state index contributed by atoms with van der Waals surface area (Å²) in [5.74, 6) is 0.558. The molecule has 1 amide bonds. The molecule has 0 unspecified atom stereocenters. The Labute approximate surface area is 129 Å². The first-order chi connectivity index (χ1) is 10.1. The molecule has 2 aromatic rings. The Hall–Kier alpha value is -1.75. The normalized spacial score (nSPS) is 12.4. The van der Waals surface area contributed by atoms with Gasteiger partial charge in [-0.15, -0.1) is 11.8 Å². The van der Waals surface area contributed by atoms with E-state index in [9.17, 15) is 4.79 Å². The second-order valence-corrected chi connectivity index (χ2v) is 6.77. The van der Waals surface area contributed by atoms with Gasteiger partial charge in [0.2, 0.25) is 5.91 Å². The summed E-state index contributed by atoms with van der Waals surface area (Å²) < 4.78 is 1.82. The molecule has 0 radical (unpaired) electrons. The first-order valence-electron chi connectivity index (χ1n) is 7.07. The summed E-state index contributed by atoms with van der Waals surface area (Å²) in [5, 5.41) is 7.82. The van der Waals surface area contributed by atoms with Crippen LogP contribution in [0.1, 0.15) is 32.4 Å². The predicted octanol–water partition coefficient (Wildman–Crippen LogP) is 3.19. The van der Waals surface area contributed by atoms with Crippen LogP contribution in [0.3, 0.4) is 0 Å². The Morgan fingerprint density at radius 3 is 2.67 bits per heavy atom. The van der Waals surface area contributed by atoms with Gasteiger partial charge in [0.1, 0.15) is 0 Å². The third-order valence-corrected chi connectivity index (χ3v) is 4.14. The Kier molecular flexibility index (Phi) is 5.44. The van der Waals surface area contributed by atoms with Gasteiger partial charge in [-0.1, -0.05) is 32.0 Å². The number of benzene rings is 1. The van der Waals surface area contributed by atoms with E-state index >= 15 is 0 Å². The van der Waals surface area contributed by atoms with Crippen LogP contribution >= 0.6 is 11.8 Å². The Morgan fingerprint density at radius 1 is 1.29 bits per heavy atom. The summed E-state index contributed by atoms with van der Waals surface area (Å²) >= 11 is 1.65. The fourth-order valence-corrected chi connectivity index (χ4v) is 2.46. The molecule has 1 N–H and O–H groups in total. The van der Waals surface area contributed by atoms with E-state index in [1.807, 2.05) is 48.1 Å². The molecular formula is C16H21N3OS. The molecule has 0 spiro atoms. The van der Waals surface area contributed by atoms with Crippen molar-refractivity contribution < 1.29 is 4.79 Å². The minimum absolute atomic E-state index is 0.0391. The van der Waals surface area contributed by atoms with Crippen molar-refractivity contribution in [1.82, 2.24) is 15.1 Å². The number of hydrogen-bond acceptors (Lipinski definition) is 3. The van der Waals surface area contributed by atoms with E-state index in [0.29, 0.717) is 11.0 Å². The fraction of sp³-hybridized carbons (Fsp3) is 0.375. The van der Waals surface area contributed by atoms with Crippen LogP contribution in [0.5, 0.6) is 0 Å². The quantitative estimate of drug-likeness (QED) is 0.891. The minimum Gasteiger partial charge on any atom is -0.349 e. The van der Waals surface area contributed by atoms with Crippen molar-refractivity contribution in [1.29, 1.82) is 0 Å². The van der Waals surface area contributed by atoms with Crippen LogP contribution in [-0.4, -0.2) is 26.7 Å². The monoisotopic (exact) mass is 303 g/mol. The lowest BCUT2D eigenvalue weighted by atomic mass is 10.2. The molecule has 1 aromatic carbocycles. The number of para-hydroxylation sites is 1. The van der Waals surface area contributed by atoms with E-state index in [4.69, 9.17) is 0 Å². The number of amides is 1. The van der Waals surface area contributed by atoms with E-state index in [0.717, 1.165) is 11.3 Å². The van der Waals surface area contributed by atoms with Gasteiger partial charge in [0.25, 0.3) is 0 Å². The topological polar surface area (TPSA) is 46.9 Å². The highest BCUT2D eigenvalue weighted by atomic mass is 32.2. The van der Waals surface area contributed by atoms with Crippen molar-refractivity contribution in [3.05, 3.63) is 48.3 Å². The lowest BCUT2D eigenvalue weighted by Gasteiger charge is -2.12. The van der Waals surface area contributed by atoms with Crippen molar-refractivity contribution in [2.45, 2.75) is 32.1 Å². The maximum atomic E-state index is 11.8. The van der Waals surface area contributed by atoms with E-state index in [1.54, 1.807) is 18.0 Å². The predicted molar refractivity (Wildman–Crippen MR) is 87.7 cm³/mol. The molecule has 1 heterocycles. The molecule has 0 saturated heterocycles. The number of thioether (sulfide) groups is 1. The summed E-state index contributed by atoms with van der Waals surface area (Å²) in [6.45, 7) is 6.15. The molecule has 21 heavy (non-hydrogen) atoms. The first-order valence-corrected chi connectivity index (χ1v) is 8.12. The molecule has 4 nitrogen and oxygen atoms in total. The SMILES string of the molecule is CC(C)SCC(=O)N[C@H](C)c1cnn(-c2ccccc2)c1. The van der Waals surface area contributed by atoms with Gasteiger partial charge < -0.3 is 5.32 Å². The van der Waals surface area contributed by atoms with Crippen molar-refractivity contribution in [2.24, 2.45) is 0 Å². The number of carbonyl (C=O) groups is 1. The van der Waals surface area contributed by atoms with Gasteiger partial charge in [0, 0.05) is 11.8 Å². The highest BCUT2D eigenvalue weighted by Crippen LogP contribution is 2.15. The third-order valence-electron chi connectivity index (χ3n) is 3.05. The maximum Gasteiger partial charge on any atom is 0.230 e. The van der Waals surface area contributed by atoms with Crippen LogP contribution in [-0.2, 0) is 4.79 Å². The van der Waals surface area contributed by atoms with Gasteiger partial charge in [0.15, 0.2) is 0 Å². The van der Waals surface area contributed by atoms with Crippen molar-refractivity contribution in [3.8, 4) is 5.69 Å². The molecule has 0 aliphatic rings. The zero-order valence-electron chi connectivity index (χ0n) is 12.6. The Balaban J connectivity index is 1.96. The number of nitrogens with zero attached hydrogens (tertiary/aromatic N) is 2. The molecular weight excluding hydrogens is 282 g/mol. The van der Waals surface area contributed by atoms with E-state index < -0.39 is 0 Å². The number of rotatable bonds is 6. The van der Waals surface area contributed by atoms with Crippen molar-refractivity contribution >= 4 is 17.7 Å². The number of nitrogens with one attached hydrogen (secondary N) is 1. The fourth-order valence-electron chi connectivity index (χ4n) is 1.89. The van der Waals surface area contributed by atoms with E-state index in [1.165, 1.54) is 0 Å². The Morgan fingerprint density at radius 2 is 2.00 bits per heavy atom. The molecule has 0 aliphatic heterocycles. The highest BCUT2D eigenvalue weighted by molar-refractivity contribution is 8.00. The van der Waals surface area contributed by atoms with Gasteiger partial charge in [0.05, 0.1) is 23.7 Å². The molecule has 0 fully saturated rings. The molecule has 0 aliphatic carbocycles. The van der Waals surface area contributed by atoms with Gasteiger partial charge in [-0.05, 0) is 24.3 Å². The Bertz CT molecular complexity index is 580. The van der Waals surface area contributed by atoms with Gasteiger partial charge in [-0.25, -0.2) is 4.68 Å². The molecule has 2 rings (SSSR count). The summed E-state index contributed by atoms with van der Waals surface area (Å²) in [5.41, 5.74) is 2.01. The van der Waals surface area contributed by atoms with Crippen LogP contribution in [0.15, 0.2) is 42.7 Å². The number of hydrogen-bond donors (Lipinski definition) is 1. The smallest absolute Gasteiger partial charge is 0.230 e. The van der Waals surface area contributed by atoms with Crippen molar-refractivity contribution in [3.63, 3.8) is 0 Å². The summed E-state index contributed by atoms with van der Waals surface area (Å²) in [4.78, 5) is 11.8. The third kappa shape index (κ3) is 4.63. The first kappa shape index (κ1) is 15.6. The van der Waals surface area contributed by atoms with E-state index in [2.05, 4.69) is 24.3 Å². The second-order valence-electron chi connectivity index (χ2n) is 5.20. The average molecular weight is 303 g/mol. The zero-order chi connectivity index (χ0) is 15.2. The average Bonchev–Trinajstić information content (AvgIpc) is 2.96. The molecule has 0 bridgehead atoms. The largest absolute Gasteiger partial charge is 0.349 e. The zero-order valence-corrected chi connectivity index (χ0v) is 13.4. The van der Waals surface area contributed by atoms with Crippen LogP contribution in [0.25, 0.3) is 5.69 Å². The van der Waals surface area contributed by atoms with Gasteiger partial charge >= 0.3 is 0 Å². The molecule has 1 aromatic heterocycles. The summed E-state index contributed by atoms with van der Waals surface area (Å²) in [6.07, 6.45) is 3.75.